The molecule has 4 nitrogen and oxygen atoms in total. The number of nitrogens with zero attached hydrogens (tertiary/aromatic N) is 1. The Bertz CT molecular complexity index is 594. The number of piperidine rings is 1. The predicted molar refractivity (Wildman–Crippen MR) is 77.3 cm³/mol. The van der Waals surface area contributed by atoms with Gasteiger partial charge in [-0.15, -0.1) is 0 Å². The number of likely N-dealkylation sites (tertiary alicyclic amines) is 1. The summed E-state index contributed by atoms with van der Waals surface area (Å²) in [6, 6.07) is 2.04. The quantitative estimate of drug-likeness (QED) is 0.843. The number of carbonyl (C=O) groups is 2. The Balaban J connectivity index is 2.30. The number of carbonyl (C=O) groups excluding carboxylic acids is 1. The molecule has 1 N–H and O–H groups in total. The molecular formula is C14H14Cl2FNO3. The molecule has 0 radical (unpaired) electrons. The number of rotatable bonds is 2. The second-order valence-electron chi connectivity index (χ2n) is 5.17. The van der Waals surface area contributed by atoms with Gasteiger partial charge in [0.05, 0.1) is 21.5 Å². The molecule has 1 aliphatic rings. The van der Waals surface area contributed by atoms with Crippen LogP contribution in [0.2, 0.25) is 10.0 Å². The minimum Gasteiger partial charge on any atom is -0.481 e. The van der Waals surface area contributed by atoms with E-state index in [1.807, 2.05) is 6.92 Å². The topological polar surface area (TPSA) is 57.6 Å². The summed E-state index contributed by atoms with van der Waals surface area (Å²) in [6.07, 6.45) is 1.10. The summed E-state index contributed by atoms with van der Waals surface area (Å²) in [6.45, 7) is 1.92. The van der Waals surface area contributed by atoms with Gasteiger partial charge in [0, 0.05) is 12.6 Å². The third kappa shape index (κ3) is 3.30. The van der Waals surface area contributed by atoms with Crippen molar-refractivity contribution < 1.29 is 19.1 Å². The largest absolute Gasteiger partial charge is 0.481 e. The molecule has 0 bridgehead atoms. The van der Waals surface area contributed by atoms with E-state index in [2.05, 4.69) is 0 Å². The first-order valence-electron chi connectivity index (χ1n) is 6.49. The van der Waals surface area contributed by atoms with Gasteiger partial charge in [0.2, 0.25) is 0 Å². The van der Waals surface area contributed by atoms with Crippen molar-refractivity contribution in [2.75, 3.05) is 6.54 Å². The molecule has 0 aliphatic carbocycles. The summed E-state index contributed by atoms with van der Waals surface area (Å²) in [5.41, 5.74) is -0.00328. The molecule has 0 aromatic heterocycles. The van der Waals surface area contributed by atoms with Crippen LogP contribution in [0, 0.1) is 11.7 Å². The highest BCUT2D eigenvalue weighted by molar-refractivity contribution is 6.36. The number of aliphatic carboxylic acids is 1. The predicted octanol–water partition coefficient (Wildman–Crippen LogP) is 3.46. The lowest BCUT2D eigenvalue weighted by atomic mass is 9.93. The third-order valence-electron chi connectivity index (χ3n) is 3.73. The molecule has 1 aromatic carbocycles. The fourth-order valence-corrected chi connectivity index (χ4v) is 2.90. The lowest BCUT2D eigenvalue weighted by molar-refractivity contribution is -0.143. The Labute approximate surface area is 131 Å². The number of hydrogen-bond donors (Lipinski definition) is 1. The minimum absolute atomic E-state index is 0.00328. The monoisotopic (exact) mass is 333 g/mol. The molecule has 1 heterocycles. The van der Waals surface area contributed by atoms with Crippen molar-refractivity contribution in [3.63, 3.8) is 0 Å². The molecule has 2 rings (SSSR count). The Morgan fingerprint density at radius 1 is 1.29 bits per heavy atom. The zero-order chi connectivity index (χ0) is 15.7. The summed E-state index contributed by atoms with van der Waals surface area (Å²) < 4.78 is 13.5. The van der Waals surface area contributed by atoms with Crippen molar-refractivity contribution in [1.82, 2.24) is 4.90 Å². The Morgan fingerprint density at radius 2 is 1.95 bits per heavy atom. The van der Waals surface area contributed by atoms with Gasteiger partial charge >= 0.3 is 5.97 Å². The first kappa shape index (κ1) is 16.0. The fourth-order valence-electron chi connectivity index (χ4n) is 2.43. The second kappa shape index (κ2) is 6.20. The van der Waals surface area contributed by atoms with E-state index in [0.29, 0.717) is 12.8 Å². The van der Waals surface area contributed by atoms with Gasteiger partial charge in [0.25, 0.3) is 5.91 Å². The van der Waals surface area contributed by atoms with Crippen LogP contribution in [0.25, 0.3) is 0 Å². The van der Waals surface area contributed by atoms with Crippen LogP contribution in [-0.4, -0.2) is 34.5 Å². The maximum atomic E-state index is 13.5. The summed E-state index contributed by atoms with van der Waals surface area (Å²) in [5, 5.41) is 8.98. The molecule has 114 valence electrons. The van der Waals surface area contributed by atoms with Crippen molar-refractivity contribution in [3.8, 4) is 0 Å². The normalized spacial score (nSPS) is 22.2. The molecule has 2 unspecified atom stereocenters. The van der Waals surface area contributed by atoms with Gasteiger partial charge in [-0.05, 0) is 31.9 Å². The van der Waals surface area contributed by atoms with Crippen LogP contribution in [0.1, 0.15) is 30.1 Å². The van der Waals surface area contributed by atoms with Gasteiger partial charge in [0.15, 0.2) is 0 Å². The second-order valence-corrected chi connectivity index (χ2v) is 5.98. The van der Waals surface area contributed by atoms with E-state index in [1.54, 1.807) is 0 Å². The lowest BCUT2D eigenvalue weighted by Crippen LogP contribution is -2.47. The highest BCUT2D eigenvalue weighted by atomic mass is 35.5. The summed E-state index contributed by atoms with van der Waals surface area (Å²) >= 11 is 11.6. The number of amides is 1. The van der Waals surface area contributed by atoms with E-state index in [1.165, 1.54) is 11.0 Å². The SMILES string of the molecule is CC1CCC(C(=O)O)CN1C(=O)c1cc(F)c(Cl)cc1Cl. The van der Waals surface area contributed by atoms with Crippen molar-refractivity contribution in [3.05, 3.63) is 33.6 Å². The zero-order valence-electron chi connectivity index (χ0n) is 11.3. The Kier molecular flexibility index (Phi) is 4.74. The highest BCUT2D eigenvalue weighted by Crippen LogP contribution is 2.29. The van der Waals surface area contributed by atoms with E-state index in [0.717, 1.165) is 6.07 Å². The molecule has 1 amide bonds. The maximum Gasteiger partial charge on any atom is 0.308 e. The van der Waals surface area contributed by atoms with Crippen LogP contribution < -0.4 is 0 Å². The number of halogens is 3. The van der Waals surface area contributed by atoms with E-state index in [-0.39, 0.29) is 28.2 Å². The van der Waals surface area contributed by atoms with Crippen molar-refractivity contribution in [2.24, 2.45) is 5.92 Å². The Morgan fingerprint density at radius 3 is 2.57 bits per heavy atom. The lowest BCUT2D eigenvalue weighted by Gasteiger charge is -2.36. The maximum absolute atomic E-state index is 13.5. The van der Waals surface area contributed by atoms with Gasteiger partial charge in [-0.25, -0.2) is 4.39 Å². The first-order valence-corrected chi connectivity index (χ1v) is 7.25. The molecule has 1 aromatic rings. The highest BCUT2D eigenvalue weighted by Gasteiger charge is 2.33. The van der Waals surface area contributed by atoms with Gasteiger partial charge in [-0.1, -0.05) is 23.2 Å². The van der Waals surface area contributed by atoms with Gasteiger partial charge in [0.1, 0.15) is 5.82 Å². The van der Waals surface area contributed by atoms with E-state index >= 15 is 0 Å². The van der Waals surface area contributed by atoms with Crippen LogP contribution in [0.4, 0.5) is 4.39 Å². The number of benzene rings is 1. The average Bonchev–Trinajstić information content (AvgIpc) is 2.42. The first-order chi connectivity index (χ1) is 9.81. The van der Waals surface area contributed by atoms with Crippen molar-refractivity contribution in [1.29, 1.82) is 0 Å². The molecule has 2 atom stereocenters. The van der Waals surface area contributed by atoms with E-state index in [9.17, 15) is 14.0 Å². The minimum atomic E-state index is -0.937. The number of carboxylic acid groups (broad SMARTS) is 1. The van der Waals surface area contributed by atoms with Gasteiger partial charge in [-0.2, -0.15) is 0 Å². The summed E-state index contributed by atoms with van der Waals surface area (Å²) in [4.78, 5) is 25.0. The van der Waals surface area contributed by atoms with Crippen LogP contribution >= 0.6 is 23.2 Å². The van der Waals surface area contributed by atoms with Crippen LogP contribution in [0.3, 0.4) is 0 Å². The van der Waals surface area contributed by atoms with Gasteiger partial charge < -0.3 is 10.0 Å². The summed E-state index contributed by atoms with van der Waals surface area (Å²) in [7, 11) is 0. The van der Waals surface area contributed by atoms with Crippen LogP contribution in [0.15, 0.2) is 12.1 Å². The van der Waals surface area contributed by atoms with E-state index < -0.39 is 23.6 Å². The molecule has 21 heavy (non-hydrogen) atoms. The number of carboxylic acids is 1. The van der Waals surface area contributed by atoms with Gasteiger partial charge in [-0.3, -0.25) is 9.59 Å². The van der Waals surface area contributed by atoms with E-state index in [4.69, 9.17) is 28.3 Å². The number of hydrogen-bond acceptors (Lipinski definition) is 2. The average molecular weight is 334 g/mol. The Hall–Kier alpha value is -1.33. The van der Waals surface area contributed by atoms with Crippen LogP contribution in [-0.2, 0) is 4.79 Å². The third-order valence-corrected chi connectivity index (χ3v) is 4.33. The molecule has 1 fully saturated rings. The molecule has 1 saturated heterocycles. The molecule has 1 aliphatic heterocycles. The van der Waals surface area contributed by atoms with Crippen molar-refractivity contribution >= 4 is 35.1 Å². The molecule has 7 heteroatoms. The molecular weight excluding hydrogens is 320 g/mol. The van der Waals surface area contributed by atoms with Crippen molar-refractivity contribution in [2.45, 2.75) is 25.8 Å². The molecule has 0 saturated carbocycles. The van der Waals surface area contributed by atoms with Crippen LogP contribution in [0.5, 0.6) is 0 Å². The standard InChI is InChI=1S/C14H14Cl2FNO3/c1-7-2-3-8(14(20)21)6-18(7)13(19)9-4-12(17)11(16)5-10(9)15/h4-5,7-8H,2-3,6H2,1H3,(H,20,21). The summed E-state index contributed by atoms with van der Waals surface area (Å²) in [5.74, 6) is -2.76. The fraction of sp³-hybridized carbons (Fsp3) is 0.429. The smallest absolute Gasteiger partial charge is 0.308 e. The molecule has 0 spiro atoms. The zero-order valence-corrected chi connectivity index (χ0v) is 12.8.